The lowest BCUT2D eigenvalue weighted by atomic mass is 9.98. The number of aromatic nitrogens is 2. The zero-order chi connectivity index (χ0) is 19.0. The van der Waals surface area contributed by atoms with Crippen LogP contribution in [0.1, 0.15) is 42.9 Å². The number of amides is 1. The molecule has 1 atom stereocenters. The Balaban J connectivity index is 1.73. The summed E-state index contributed by atoms with van der Waals surface area (Å²) >= 11 is 0. The lowest BCUT2D eigenvalue weighted by Crippen LogP contribution is -2.36. The molecule has 0 spiro atoms. The molecule has 0 bridgehead atoms. The summed E-state index contributed by atoms with van der Waals surface area (Å²) in [6.45, 7) is 3.53. The second kappa shape index (κ2) is 7.60. The molecular weight excluding hydrogens is 340 g/mol. The zero-order valence-corrected chi connectivity index (χ0v) is 16.4. The first-order valence-corrected chi connectivity index (χ1v) is 10.1. The number of likely N-dealkylation sites (tertiary alicyclic amines) is 1. The van der Waals surface area contributed by atoms with Gasteiger partial charge in [-0.1, -0.05) is 0 Å². The third-order valence-electron chi connectivity index (χ3n) is 5.97. The fourth-order valence-corrected chi connectivity index (χ4v) is 4.36. The van der Waals surface area contributed by atoms with Gasteiger partial charge in [0.05, 0.1) is 0 Å². The number of fused-ring (bicyclic) bond motifs is 1. The van der Waals surface area contributed by atoms with E-state index in [2.05, 4.69) is 20.5 Å². The molecule has 1 aliphatic heterocycles. The molecule has 1 saturated heterocycles. The Morgan fingerprint density at radius 1 is 1.33 bits per heavy atom. The summed E-state index contributed by atoms with van der Waals surface area (Å²) < 4.78 is 2.16. The quantitative estimate of drug-likeness (QED) is 0.847. The lowest BCUT2D eigenvalue weighted by Gasteiger charge is -2.32. The van der Waals surface area contributed by atoms with Crippen molar-refractivity contribution in [1.29, 1.82) is 0 Å². The van der Waals surface area contributed by atoms with Crippen molar-refractivity contribution in [2.24, 2.45) is 5.92 Å². The van der Waals surface area contributed by atoms with E-state index in [0.29, 0.717) is 18.4 Å². The highest BCUT2D eigenvalue weighted by atomic mass is 16.3. The van der Waals surface area contributed by atoms with Gasteiger partial charge >= 0.3 is 0 Å². The van der Waals surface area contributed by atoms with E-state index in [9.17, 15) is 9.90 Å². The van der Waals surface area contributed by atoms with Crippen LogP contribution in [0.5, 0.6) is 0 Å². The van der Waals surface area contributed by atoms with Gasteiger partial charge in [0.2, 0.25) is 5.91 Å². The largest absolute Gasteiger partial charge is 0.396 e. The monoisotopic (exact) mass is 370 g/mol. The van der Waals surface area contributed by atoms with Crippen LogP contribution >= 0.6 is 0 Å². The number of aliphatic hydroxyl groups excluding tert-OH is 1. The van der Waals surface area contributed by atoms with Gasteiger partial charge in [-0.2, -0.15) is 0 Å². The number of hydrogen-bond donors (Lipinski definition) is 1. The summed E-state index contributed by atoms with van der Waals surface area (Å²) in [5, 5.41) is 10.7. The van der Waals surface area contributed by atoms with E-state index >= 15 is 0 Å². The van der Waals surface area contributed by atoms with Crippen molar-refractivity contribution in [2.75, 3.05) is 33.8 Å². The summed E-state index contributed by atoms with van der Waals surface area (Å²) in [5.41, 5.74) is 3.58. The van der Waals surface area contributed by atoms with E-state index in [-0.39, 0.29) is 12.5 Å². The van der Waals surface area contributed by atoms with Crippen LogP contribution in [-0.2, 0) is 17.9 Å². The molecule has 27 heavy (non-hydrogen) atoms. The predicted molar refractivity (Wildman–Crippen MR) is 105 cm³/mol. The van der Waals surface area contributed by atoms with Crippen molar-refractivity contribution in [3.05, 3.63) is 29.6 Å². The SMILES string of the molecule is CN(C)C(=O)Cn1c(C2CC2)c(CN2CCC[C@@H](CO)C2)c2cccnc21. The Kier molecular flexibility index (Phi) is 5.19. The van der Waals surface area contributed by atoms with Crippen LogP contribution in [0, 0.1) is 5.92 Å². The van der Waals surface area contributed by atoms with Crippen LogP contribution in [-0.4, -0.2) is 64.2 Å². The number of likely N-dealkylation sites (N-methyl/N-ethyl adjacent to an activating group) is 1. The molecule has 1 amide bonds. The Labute approximate surface area is 160 Å². The van der Waals surface area contributed by atoms with Crippen LogP contribution in [0.3, 0.4) is 0 Å². The van der Waals surface area contributed by atoms with Gasteiger partial charge in [0.25, 0.3) is 0 Å². The molecule has 1 saturated carbocycles. The van der Waals surface area contributed by atoms with Crippen LogP contribution in [0.15, 0.2) is 18.3 Å². The molecule has 2 aromatic heterocycles. The second-order valence-corrected chi connectivity index (χ2v) is 8.31. The first kappa shape index (κ1) is 18.4. The highest BCUT2D eigenvalue weighted by molar-refractivity contribution is 5.85. The number of nitrogens with zero attached hydrogens (tertiary/aromatic N) is 4. The van der Waals surface area contributed by atoms with Crippen molar-refractivity contribution in [2.45, 2.75) is 44.7 Å². The average molecular weight is 370 g/mol. The van der Waals surface area contributed by atoms with Gasteiger partial charge in [-0.15, -0.1) is 0 Å². The minimum absolute atomic E-state index is 0.101. The van der Waals surface area contributed by atoms with Gasteiger partial charge in [-0.05, 0) is 61.8 Å². The molecule has 2 aliphatic rings. The van der Waals surface area contributed by atoms with Crippen LogP contribution in [0.2, 0.25) is 0 Å². The Hall–Kier alpha value is -1.92. The van der Waals surface area contributed by atoms with Gasteiger partial charge in [-0.25, -0.2) is 4.98 Å². The van der Waals surface area contributed by atoms with Gasteiger partial charge < -0.3 is 14.6 Å². The first-order valence-electron chi connectivity index (χ1n) is 10.1. The highest BCUT2D eigenvalue weighted by Gasteiger charge is 2.33. The number of carbonyl (C=O) groups excluding carboxylic acids is 1. The fraction of sp³-hybridized carbons (Fsp3) is 0.619. The number of hydrogen-bond acceptors (Lipinski definition) is 4. The Morgan fingerprint density at radius 2 is 2.15 bits per heavy atom. The molecule has 1 N–H and O–H groups in total. The van der Waals surface area contributed by atoms with Crippen LogP contribution in [0.25, 0.3) is 11.0 Å². The zero-order valence-electron chi connectivity index (χ0n) is 16.4. The molecule has 3 heterocycles. The Bertz CT molecular complexity index is 825. The third-order valence-corrected chi connectivity index (χ3v) is 5.97. The van der Waals surface area contributed by atoms with Gasteiger partial charge in [0.1, 0.15) is 12.2 Å². The Morgan fingerprint density at radius 3 is 2.85 bits per heavy atom. The van der Waals surface area contributed by atoms with Crippen molar-refractivity contribution < 1.29 is 9.90 Å². The summed E-state index contributed by atoms with van der Waals surface area (Å²) in [7, 11) is 3.61. The molecule has 6 heteroatoms. The molecule has 2 fully saturated rings. The minimum atomic E-state index is 0.101. The number of rotatable bonds is 6. The minimum Gasteiger partial charge on any atom is -0.396 e. The molecule has 4 rings (SSSR count). The second-order valence-electron chi connectivity index (χ2n) is 8.31. The number of aliphatic hydroxyl groups is 1. The smallest absolute Gasteiger partial charge is 0.242 e. The first-order chi connectivity index (χ1) is 13.1. The van der Waals surface area contributed by atoms with Gasteiger partial charge in [0.15, 0.2) is 0 Å². The lowest BCUT2D eigenvalue weighted by molar-refractivity contribution is -0.129. The number of carbonyl (C=O) groups is 1. The summed E-state index contributed by atoms with van der Waals surface area (Å²) in [4.78, 5) is 21.2. The molecular formula is C21H30N4O2. The van der Waals surface area contributed by atoms with Crippen LogP contribution in [0.4, 0.5) is 0 Å². The summed E-state index contributed by atoms with van der Waals surface area (Å²) in [5.74, 6) is 1.02. The molecule has 0 aromatic carbocycles. The van der Waals surface area contributed by atoms with Crippen molar-refractivity contribution in [3.63, 3.8) is 0 Å². The average Bonchev–Trinajstić information content (AvgIpc) is 3.47. The number of pyridine rings is 1. The predicted octanol–water partition coefficient (Wildman–Crippen LogP) is 2.21. The van der Waals surface area contributed by atoms with Crippen molar-refractivity contribution >= 4 is 16.9 Å². The maximum atomic E-state index is 12.5. The van der Waals surface area contributed by atoms with Gasteiger partial charge in [-0.3, -0.25) is 9.69 Å². The molecule has 146 valence electrons. The fourth-order valence-electron chi connectivity index (χ4n) is 4.36. The molecule has 0 radical (unpaired) electrons. The van der Waals surface area contributed by atoms with E-state index in [1.165, 1.54) is 29.5 Å². The number of piperidine rings is 1. The maximum absolute atomic E-state index is 12.5. The normalized spacial score (nSPS) is 20.9. The molecule has 6 nitrogen and oxygen atoms in total. The standard InChI is InChI=1S/C21H30N4O2/c1-23(2)19(27)13-25-20(16-7-8-16)18(17-6-3-9-22-21(17)25)12-24-10-4-5-15(11-24)14-26/h3,6,9,15-16,26H,4-5,7-8,10-14H2,1-2H3/t15-/m1/s1. The van der Waals surface area contributed by atoms with Crippen molar-refractivity contribution in [3.8, 4) is 0 Å². The molecule has 0 unspecified atom stereocenters. The third kappa shape index (κ3) is 3.73. The summed E-state index contributed by atoms with van der Waals surface area (Å²) in [6.07, 6.45) is 6.46. The highest BCUT2D eigenvalue weighted by Crippen LogP contribution is 2.45. The topological polar surface area (TPSA) is 61.6 Å². The van der Waals surface area contributed by atoms with E-state index in [0.717, 1.165) is 38.1 Å². The van der Waals surface area contributed by atoms with E-state index in [1.54, 1.807) is 4.90 Å². The van der Waals surface area contributed by atoms with Crippen LogP contribution < -0.4 is 0 Å². The molecule has 2 aromatic rings. The van der Waals surface area contributed by atoms with E-state index < -0.39 is 0 Å². The van der Waals surface area contributed by atoms with E-state index in [1.807, 2.05) is 26.4 Å². The van der Waals surface area contributed by atoms with E-state index in [4.69, 9.17) is 0 Å². The maximum Gasteiger partial charge on any atom is 0.242 e. The van der Waals surface area contributed by atoms with Crippen molar-refractivity contribution in [1.82, 2.24) is 19.4 Å². The summed E-state index contributed by atoms with van der Waals surface area (Å²) in [6, 6.07) is 4.14. The van der Waals surface area contributed by atoms with Gasteiger partial charge in [0, 0.05) is 51.1 Å². The molecule has 1 aliphatic carbocycles.